The maximum atomic E-state index is 13.1. The summed E-state index contributed by atoms with van der Waals surface area (Å²) in [6, 6.07) is 20.6. The molecule has 2 aliphatic heterocycles. The molecule has 0 aromatic heterocycles. The Morgan fingerprint density at radius 2 is 1.61 bits per heavy atom. The van der Waals surface area contributed by atoms with Crippen LogP contribution in [-0.2, 0) is 26.3 Å². The van der Waals surface area contributed by atoms with Gasteiger partial charge in [0.1, 0.15) is 13.2 Å². The van der Waals surface area contributed by atoms with Crippen molar-refractivity contribution in [1.29, 1.82) is 0 Å². The van der Waals surface area contributed by atoms with Crippen LogP contribution in [0, 0.1) is 5.92 Å². The van der Waals surface area contributed by atoms with Gasteiger partial charge in [-0.05, 0) is 49.4 Å². The first-order chi connectivity index (χ1) is 17.6. The number of piperidine rings is 2. The molecule has 3 N–H and O–H groups in total. The molecule has 2 aromatic carbocycles. The zero-order chi connectivity index (χ0) is 26.9. The minimum atomic E-state index is -0.701. The lowest BCUT2D eigenvalue weighted by molar-refractivity contribution is -0.870. The predicted molar refractivity (Wildman–Crippen MR) is 143 cm³/mol. The highest BCUT2D eigenvalue weighted by atomic mass is 35.5. The Kier molecular flexibility index (Phi) is 11.8. The Morgan fingerprint density at radius 3 is 2.13 bits per heavy atom. The quantitative estimate of drug-likeness (QED) is 0.379. The smallest absolute Gasteiger partial charge is 0.404 e. The fraction of sp³-hybridized carbons (Fsp3) is 0.483. The van der Waals surface area contributed by atoms with Crippen LogP contribution in [0.15, 0.2) is 60.7 Å². The van der Waals surface area contributed by atoms with E-state index >= 15 is 0 Å². The molecule has 0 saturated carbocycles. The topological polar surface area (TPSA) is 102 Å². The molecule has 9 heteroatoms. The van der Waals surface area contributed by atoms with E-state index < -0.39 is 11.5 Å². The number of carbonyl (C=O) groups excluding carboxylic acids is 3. The maximum Gasteiger partial charge on any atom is 0.404 e. The molecule has 1 atom stereocenters. The minimum Gasteiger partial charge on any atom is -1.00 e. The third kappa shape index (κ3) is 8.82. The van der Waals surface area contributed by atoms with Crippen molar-refractivity contribution in [2.24, 2.45) is 11.7 Å². The number of halogens is 1. The molecule has 0 bridgehead atoms. The molecular formula is C29H41ClN4O4. The summed E-state index contributed by atoms with van der Waals surface area (Å²) < 4.78 is 5.31. The summed E-state index contributed by atoms with van der Waals surface area (Å²) >= 11 is 0. The summed E-state index contributed by atoms with van der Waals surface area (Å²) in [6.45, 7) is 4.09. The van der Waals surface area contributed by atoms with Crippen molar-refractivity contribution in [3.63, 3.8) is 0 Å². The van der Waals surface area contributed by atoms with E-state index in [0.29, 0.717) is 19.4 Å². The van der Waals surface area contributed by atoms with Crippen molar-refractivity contribution >= 4 is 17.9 Å². The molecule has 0 spiro atoms. The first kappa shape index (κ1) is 31.3. The number of nitrogens with zero attached hydrogens (tertiary/aromatic N) is 2. The number of quaternary nitrogens is 1. The number of hydrogen-bond donors (Lipinski definition) is 2. The molecule has 8 nitrogen and oxygen atoms in total. The van der Waals surface area contributed by atoms with E-state index in [1.807, 2.05) is 57.5 Å². The summed E-state index contributed by atoms with van der Waals surface area (Å²) in [5.41, 5.74) is 6.56. The number of nitrogens with two attached hydrogens (primary N) is 1. The summed E-state index contributed by atoms with van der Waals surface area (Å²) in [7, 11) is 6.05. The van der Waals surface area contributed by atoms with E-state index in [1.165, 1.54) is 5.56 Å². The molecule has 0 aliphatic carbocycles. The Morgan fingerprint density at radius 1 is 1.03 bits per heavy atom. The normalized spacial score (nSPS) is 20.4. The second-order valence-electron chi connectivity index (χ2n) is 10.9. The molecule has 1 unspecified atom stereocenters. The van der Waals surface area contributed by atoms with Gasteiger partial charge in [0.2, 0.25) is 11.8 Å². The Balaban J connectivity index is 0.000000396. The number of hydrogen-bond acceptors (Lipinski definition) is 5. The molecule has 3 amide bonds. The number of ether oxygens (including phenoxy) is 1. The number of benzene rings is 2. The first-order valence-electron chi connectivity index (χ1n) is 13.0. The van der Waals surface area contributed by atoms with Gasteiger partial charge in [0.05, 0.1) is 26.6 Å². The van der Waals surface area contributed by atoms with Crippen LogP contribution in [0.5, 0.6) is 0 Å². The number of amides is 3. The number of carbonyl (C=O) groups is 3. The van der Waals surface area contributed by atoms with Gasteiger partial charge in [0.25, 0.3) is 0 Å². The van der Waals surface area contributed by atoms with Crippen LogP contribution in [0.3, 0.4) is 0 Å². The van der Waals surface area contributed by atoms with Crippen molar-refractivity contribution in [3.05, 3.63) is 71.8 Å². The molecule has 38 heavy (non-hydrogen) atoms. The van der Waals surface area contributed by atoms with Crippen LogP contribution in [0.25, 0.3) is 0 Å². The van der Waals surface area contributed by atoms with Gasteiger partial charge in [0.15, 0.2) is 0 Å². The van der Waals surface area contributed by atoms with Gasteiger partial charge in [-0.15, -0.1) is 0 Å². The zero-order valence-corrected chi connectivity index (χ0v) is 23.5. The van der Waals surface area contributed by atoms with Crippen molar-refractivity contribution in [2.75, 3.05) is 47.4 Å². The predicted octanol–water partition coefficient (Wildman–Crippen LogP) is 0.0651. The molecule has 2 aromatic rings. The van der Waals surface area contributed by atoms with Gasteiger partial charge < -0.3 is 27.4 Å². The van der Waals surface area contributed by atoms with E-state index in [-0.39, 0.29) is 30.1 Å². The highest BCUT2D eigenvalue weighted by molar-refractivity contribution is 6.03. The van der Waals surface area contributed by atoms with Crippen LogP contribution >= 0.6 is 0 Å². The molecule has 2 fully saturated rings. The summed E-state index contributed by atoms with van der Waals surface area (Å²) in [5.74, 6) is 0.0135. The molecule has 4 rings (SSSR count). The average Bonchev–Trinajstić information content (AvgIpc) is 2.86. The molecule has 2 saturated heterocycles. The van der Waals surface area contributed by atoms with E-state index in [0.717, 1.165) is 49.1 Å². The number of nitrogens with one attached hydrogen (secondary N) is 1. The second kappa shape index (κ2) is 14.3. The standard InChI is InChI=1S/C23H26N2O2.C6H14N2O2.ClH/c26-21-11-14-23(22(27)24-21,19-9-5-2-6-10-19)20-12-15-25(16-13-20)17-18-7-3-1-4-8-18;1-8(2,3)4-5-10-6(7)9;/h1-10,20H,11-17H2,(H,24,26,27);4-5H2,1-3H3,(H-,7,9);1H. The van der Waals surface area contributed by atoms with Crippen LogP contribution in [0.2, 0.25) is 0 Å². The second-order valence-corrected chi connectivity index (χ2v) is 10.9. The van der Waals surface area contributed by atoms with Crippen LogP contribution in [0.1, 0.15) is 36.8 Å². The van der Waals surface area contributed by atoms with Gasteiger partial charge in [0, 0.05) is 13.0 Å². The van der Waals surface area contributed by atoms with Gasteiger partial charge in [-0.1, -0.05) is 60.7 Å². The monoisotopic (exact) mass is 544 g/mol. The highest BCUT2D eigenvalue weighted by Crippen LogP contribution is 2.44. The molecule has 2 aliphatic rings. The van der Waals surface area contributed by atoms with Gasteiger partial charge >= 0.3 is 6.09 Å². The lowest BCUT2D eigenvalue weighted by Gasteiger charge is -2.45. The fourth-order valence-electron chi connectivity index (χ4n) is 5.21. The summed E-state index contributed by atoms with van der Waals surface area (Å²) in [6.07, 6.45) is 2.29. The molecular weight excluding hydrogens is 504 g/mol. The van der Waals surface area contributed by atoms with Crippen molar-refractivity contribution in [3.8, 4) is 0 Å². The molecule has 208 valence electrons. The SMILES string of the molecule is C[N+](C)(C)CCOC(N)=O.O=C1CCC(c2ccccc2)(C2CCN(Cc3ccccc3)CC2)C(=O)N1.[Cl-]. The Labute approximate surface area is 232 Å². The third-order valence-corrected chi connectivity index (χ3v) is 7.23. The van der Waals surface area contributed by atoms with Gasteiger partial charge in [-0.25, -0.2) is 4.79 Å². The molecule has 0 radical (unpaired) electrons. The van der Waals surface area contributed by atoms with Gasteiger partial charge in [-0.3, -0.25) is 19.8 Å². The third-order valence-electron chi connectivity index (χ3n) is 7.23. The largest absolute Gasteiger partial charge is 1.00 e. The number of likely N-dealkylation sites (N-methyl/N-ethyl adjacent to an activating group) is 1. The average molecular weight is 545 g/mol. The van der Waals surface area contributed by atoms with Crippen LogP contribution in [-0.4, -0.2) is 74.7 Å². The fourth-order valence-corrected chi connectivity index (χ4v) is 5.21. The molecule has 2 heterocycles. The van der Waals surface area contributed by atoms with Crippen LogP contribution < -0.4 is 23.5 Å². The van der Waals surface area contributed by atoms with Gasteiger partial charge in [-0.2, -0.15) is 0 Å². The number of imide groups is 1. The number of primary amides is 1. The minimum absolute atomic E-state index is 0. The summed E-state index contributed by atoms with van der Waals surface area (Å²) in [5, 5.41) is 2.63. The number of likely N-dealkylation sites (tertiary alicyclic amines) is 1. The Hall–Kier alpha value is -2.94. The zero-order valence-electron chi connectivity index (χ0n) is 22.7. The van der Waals surface area contributed by atoms with E-state index in [2.05, 4.69) is 39.2 Å². The lowest BCUT2D eigenvalue weighted by Crippen LogP contribution is -3.00. The lowest BCUT2D eigenvalue weighted by atomic mass is 9.62. The Bertz CT molecular complexity index is 1040. The maximum absolute atomic E-state index is 13.1. The van der Waals surface area contributed by atoms with E-state index in [4.69, 9.17) is 5.73 Å². The first-order valence-corrected chi connectivity index (χ1v) is 13.0. The van der Waals surface area contributed by atoms with Crippen LogP contribution in [0.4, 0.5) is 4.79 Å². The van der Waals surface area contributed by atoms with Crippen molar-refractivity contribution < 1.29 is 36.0 Å². The highest BCUT2D eigenvalue weighted by Gasteiger charge is 2.50. The van der Waals surface area contributed by atoms with E-state index in [1.54, 1.807) is 0 Å². The van der Waals surface area contributed by atoms with Crippen molar-refractivity contribution in [2.45, 2.75) is 37.6 Å². The van der Waals surface area contributed by atoms with Crippen molar-refractivity contribution in [1.82, 2.24) is 10.2 Å². The summed E-state index contributed by atoms with van der Waals surface area (Å²) in [4.78, 5) is 37.4. The van der Waals surface area contributed by atoms with E-state index in [9.17, 15) is 14.4 Å². The number of rotatable bonds is 7.